The van der Waals surface area contributed by atoms with Crippen LogP contribution in [0.3, 0.4) is 0 Å². The molecular formula is C17H27N5O10S. The first-order chi connectivity index (χ1) is 15.3. The van der Waals surface area contributed by atoms with Gasteiger partial charge in [0.1, 0.15) is 18.1 Å². The normalized spacial score (nSPS) is 14.1. The molecule has 33 heavy (non-hydrogen) atoms. The molecule has 0 radical (unpaired) electrons. The molecule has 0 saturated carbocycles. The van der Waals surface area contributed by atoms with Gasteiger partial charge in [-0.1, -0.05) is 0 Å². The minimum absolute atomic E-state index is 0.0419. The van der Waals surface area contributed by atoms with E-state index in [-0.39, 0.29) is 6.42 Å². The first kappa shape index (κ1) is 29.6. The third-order valence-electron chi connectivity index (χ3n) is 4.01. The lowest BCUT2D eigenvalue weighted by Gasteiger charge is -2.24. The fourth-order valence-corrected chi connectivity index (χ4v) is 2.87. The van der Waals surface area contributed by atoms with Crippen molar-refractivity contribution in [2.45, 2.75) is 49.9 Å². The maximum absolute atomic E-state index is 12.7. The Morgan fingerprint density at radius 1 is 0.758 bits per heavy atom. The highest BCUT2D eigenvalue weighted by Crippen LogP contribution is 2.05. The minimum Gasteiger partial charge on any atom is -0.481 e. The van der Waals surface area contributed by atoms with Crippen molar-refractivity contribution in [2.75, 3.05) is 12.0 Å². The number of nitrogens with two attached hydrogens (primary N) is 2. The third kappa shape index (κ3) is 12.3. The van der Waals surface area contributed by atoms with Crippen molar-refractivity contribution >= 4 is 53.3 Å². The van der Waals surface area contributed by atoms with E-state index in [0.29, 0.717) is 5.75 Å². The van der Waals surface area contributed by atoms with E-state index in [1.165, 1.54) is 11.8 Å². The Bertz CT molecular complexity index is 777. The number of hydrogen-bond donors (Lipinski definition) is 8. The smallest absolute Gasteiger partial charge is 0.326 e. The summed E-state index contributed by atoms with van der Waals surface area (Å²) in [6, 6.07) is -6.28. The molecule has 0 aromatic carbocycles. The average molecular weight is 493 g/mol. The fraction of sp³-hybridized carbons (Fsp3) is 0.588. The molecule has 0 aliphatic rings. The van der Waals surface area contributed by atoms with E-state index in [4.69, 9.17) is 26.8 Å². The Morgan fingerprint density at radius 3 is 1.67 bits per heavy atom. The summed E-state index contributed by atoms with van der Waals surface area (Å²) in [4.78, 5) is 81.2. The lowest BCUT2D eigenvalue weighted by Crippen LogP contribution is -2.58. The lowest BCUT2D eigenvalue weighted by molar-refractivity contribution is -0.148. The number of carbonyl (C=O) groups is 7. The second-order valence-corrected chi connectivity index (χ2v) is 7.76. The first-order valence-corrected chi connectivity index (χ1v) is 10.8. The van der Waals surface area contributed by atoms with Crippen LogP contribution in [0, 0.1) is 0 Å². The van der Waals surface area contributed by atoms with Crippen molar-refractivity contribution in [3.63, 3.8) is 0 Å². The summed E-state index contributed by atoms with van der Waals surface area (Å²) in [6.45, 7) is 0. The number of thioether (sulfide) groups is 1. The second kappa shape index (κ2) is 14.6. The molecule has 4 amide bonds. The number of aliphatic carboxylic acids is 3. The van der Waals surface area contributed by atoms with Crippen molar-refractivity contribution in [2.24, 2.45) is 11.5 Å². The van der Waals surface area contributed by atoms with Crippen molar-refractivity contribution in [1.82, 2.24) is 16.0 Å². The summed E-state index contributed by atoms with van der Waals surface area (Å²) in [6.07, 6.45) is -0.682. The second-order valence-electron chi connectivity index (χ2n) is 6.78. The van der Waals surface area contributed by atoms with E-state index in [9.17, 15) is 33.6 Å². The van der Waals surface area contributed by atoms with Gasteiger partial charge < -0.3 is 42.7 Å². The number of carbonyl (C=O) groups excluding carboxylic acids is 4. The maximum atomic E-state index is 12.7. The zero-order chi connectivity index (χ0) is 25.7. The molecule has 10 N–H and O–H groups in total. The molecule has 0 spiro atoms. The number of hydrogen-bond acceptors (Lipinski definition) is 9. The highest BCUT2D eigenvalue weighted by molar-refractivity contribution is 7.98. The number of carboxylic acids is 3. The molecule has 0 aromatic rings. The largest absolute Gasteiger partial charge is 0.481 e. The van der Waals surface area contributed by atoms with E-state index in [1.54, 1.807) is 6.26 Å². The molecule has 16 heteroatoms. The van der Waals surface area contributed by atoms with Crippen LogP contribution in [0.4, 0.5) is 0 Å². The predicted molar refractivity (Wildman–Crippen MR) is 113 cm³/mol. The monoisotopic (exact) mass is 493 g/mol. The predicted octanol–water partition coefficient (Wildman–Crippen LogP) is -3.57. The van der Waals surface area contributed by atoms with E-state index >= 15 is 0 Å². The molecule has 0 aliphatic carbocycles. The Hall–Kier alpha value is -3.40. The third-order valence-corrected chi connectivity index (χ3v) is 4.65. The fourth-order valence-electron chi connectivity index (χ4n) is 2.40. The Balaban J connectivity index is 5.51. The molecular weight excluding hydrogens is 466 g/mol. The molecule has 0 heterocycles. The van der Waals surface area contributed by atoms with Gasteiger partial charge in [-0.05, 0) is 18.4 Å². The average Bonchev–Trinajstić information content (AvgIpc) is 2.68. The zero-order valence-electron chi connectivity index (χ0n) is 17.6. The van der Waals surface area contributed by atoms with Gasteiger partial charge in [-0.15, -0.1) is 0 Å². The summed E-state index contributed by atoms with van der Waals surface area (Å²) in [5.74, 6) is -8.34. The van der Waals surface area contributed by atoms with Crippen molar-refractivity contribution in [3.05, 3.63) is 0 Å². The summed E-state index contributed by atoms with van der Waals surface area (Å²) < 4.78 is 0. The van der Waals surface area contributed by atoms with E-state index in [0.717, 1.165) is 0 Å². The highest BCUT2D eigenvalue weighted by Gasteiger charge is 2.32. The van der Waals surface area contributed by atoms with Crippen molar-refractivity contribution in [3.8, 4) is 0 Å². The number of primary amides is 1. The Kier molecular flexibility index (Phi) is 13.1. The molecule has 0 saturated heterocycles. The lowest BCUT2D eigenvalue weighted by atomic mass is 10.1. The summed E-state index contributed by atoms with van der Waals surface area (Å²) >= 11 is 1.32. The minimum atomic E-state index is -1.87. The highest BCUT2D eigenvalue weighted by atomic mass is 32.2. The zero-order valence-corrected chi connectivity index (χ0v) is 18.4. The molecule has 4 unspecified atom stereocenters. The molecule has 186 valence electrons. The maximum Gasteiger partial charge on any atom is 0.326 e. The molecule has 0 rings (SSSR count). The summed E-state index contributed by atoms with van der Waals surface area (Å²) in [7, 11) is 0. The first-order valence-electron chi connectivity index (χ1n) is 9.38. The van der Waals surface area contributed by atoms with E-state index in [2.05, 4.69) is 10.6 Å². The Morgan fingerprint density at radius 2 is 1.21 bits per heavy atom. The van der Waals surface area contributed by atoms with Crippen LogP contribution in [-0.2, 0) is 33.6 Å². The van der Waals surface area contributed by atoms with Crippen LogP contribution in [0.5, 0.6) is 0 Å². The number of rotatable bonds is 16. The molecule has 0 fully saturated rings. The van der Waals surface area contributed by atoms with E-state index < -0.39 is 85.0 Å². The van der Waals surface area contributed by atoms with Crippen LogP contribution < -0.4 is 27.4 Å². The molecule has 15 nitrogen and oxygen atoms in total. The number of amides is 4. The van der Waals surface area contributed by atoms with Gasteiger partial charge in [0.05, 0.1) is 25.3 Å². The van der Waals surface area contributed by atoms with Crippen LogP contribution in [-0.4, -0.2) is 93.0 Å². The molecule has 0 aromatic heterocycles. The van der Waals surface area contributed by atoms with Gasteiger partial charge in [0.15, 0.2) is 0 Å². The topological polar surface area (TPSA) is 268 Å². The summed E-state index contributed by atoms with van der Waals surface area (Å²) in [5, 5.41) is 33.1. The van der Waals surface area contributed by atoms with Crippen LogP contribution in [0.1, 0.15) is 25.7 Å². The van der Waals surface area contributed by atoms with Gasteiger partial charge in [-0.3, -0.25) is 28.8 Å². The number of nitrogens with one attached hydrogen (secondary N) is 3. The molecule has 0 bridgehead atoms. The van der Waals surface area contributed by atoms with Gasteiger partial charge in [0, 0.05) is 0 Å². The quantitative estimate of drug-likeness (QED) is 0.104. The van der Waals surface area contributed by atoms with Crippen molar-refractivity contribution < 1.29 is 48.9 Å². The van der Waals surface area contributed by atoms with Gasteiger partial charge >= 0.3 is 17.9 Å². The Labute approximate surface area is 192 Å². The van der Waals surface area contributed by atoms with Crippen LogP contribution >= 0.6 is 11.8 Å². The molecule has 4 atom stereocenters. The van der Waals surface area contributed by atoms with Crippen molar-refractivity contribution in [1.29, 1.82) is 0 Å². The standard InChI is InChI=1S/C17H27N5O10S/c1-33-3-2-8(20-14(28)7(18)4-11(19)23)15(29)21-9(5-12(24)25)16(30)22-10(17(31)32)6-13(26)27/h7-10H,2-6,18H2,1H3,(H2,19,23)(H,20,28)(H,21,29)(H,22,30)(H,24,25)(H,26,27)(H,31,32). The van der Waals surface area contributed by atoms with Gasteiger partial charge in [0.2, 0.25) is 23.6 Å². The summed E-state index contributed by atoms with van der Waals surface area (Å²) in [5.41, 5.74) is 10.5. The van der Waals surface area contributed by atoms with E-state index in [1.807, 2.05) is 5.32 Å². The van der Waals surface area contributed by atoms with Crippen LogP contribution in [0.25, 0.3) is 0 Å². The number of carboxylic acid groups (broad SMARTS) is 3. The van der Waals surface area contributed by atoms with Gasteiger partial charge in [-0.2, -0.15) is 11.8 Å². The van der Waals surface area contributed by atoms with Crippen LogP contribution in [0.15, 0.2) is 0 Å². The van der Waals surface area contributed by atoms with Gasteiger partial charge in [0.25, 0.3) is 0 Å². The SMILES string of the molecule is CSCCC(NC(=O)C(N)CC(N)=O)C(=O)NC(CC(=O)O)C(=O)NC(CC(=O)O)C(=O)O. The van der Waals surface area contributed by atoms with Gasteiger partial charge in [-0.25, -0.2) is 4.79 Å². The molecule has 0 aliphatic heterocycles. The van der Waals surface area contributed by atoms with Crippen LogP contribution in [0.2, 0.25) is 0 Å².